The highest BCUT2D eigenvalue weighted by Gasteiger charge is 2.27. The molecule has 4 rings (SSSR count). The minimum atomic E-state index is -4.17. The summed E-state index contributed by atoms with van der Waals surface area (Å²) in [5.41, 5.74) is 1.54. The zero-order valence-electron chi connectivity index (χ0n) is 19.9. The maximum Gasteiger partial charge on any atom is 0.271 e. The van der Waals surface area contributed by atoms with Crippen LogP contribution in [0.1, 0.15) is 5.01 Å². The first-order valence-corrected chi connectivity index (χ1v) is 15.7. The topological polar surface area (TPSA) is 134 Å². The van der Waals surface area contributed by atoms with E-state index in [4.69, 9.17) is 9.47 Å². The number of allylic oxidation sites excluding steroid dienone is 2. The number of rotatable bonds is 10. The molecule has 1 aromatic heterocycles. The van der Waals surface area contributed by atoms with E-state index in [1.54, 1.807) is 41.9 Å². The van der Waals surface area contributed by atoms with Crippen LogP contribution in [0.25, 0.3) is 16.3 Å². The molecule has 14 heteroatoms. The Labute approximate surface area is 223 Å². The number of thiazole rings is 1. The molecule has 1 aliphatic rings. The molecule has 2 N–H and O–H groups in total. The second kappa shape index (κ2) is 11.0. The Morgan fingerprint density at radius 1 is 0.973 bits per heavy atom. The van der Waals surface area contributed by atoms with Crippen molar-refractivity contribution >= 4 is 65.3 Å². The molecule has 0 radical (unpaired) electrons. The summed E-state index contributed by atoms with van der Waals surface area (Å²) in [6.45, 7) is 0.0887. The number of aryl methyl sites for hydroxylation is 1. The van der Waals surface area contributed by atoms with Crippen molar-refractivity contribution in [3.8, 4) is 11.5 Å². The van der Waals surface area contributed by atoms with Gasteiger partial charge in [-0.05, 0) is 30.3 Å². The van der Waals surface area contributed by atoms with Crippen LogP contribution in [0, 0.1) is 0 Å². The van der Waals surface area contributed by atoms with Gasteiger partial charge in [-0.25, -0.2) is 0 Å². The normalized spacial score (nSPS) is 15.1. The third-order valence-corrected chi connectivity index (χ3v) is 9.16. The Morgan fingerprint density at radius 2 is 1.65 bits per heavy atom. The van der Waals surface area contributed by atoms with Crippen molar-refractivity contribution in [2.24, 2.45) is 0 Å². The Bertz CT molecular complexity index is 1590. The van der Waals surface area contributed by atoms with Gasteiger partial charge in [-0.1, -0.05) is 29.2 Å². The lowest BCUT2D eigenvalue weighted by molar-refractivity contribution is -0.664. The lowest BCUT2D eigenvalue weighted by Gasteiger charge is -2.19. The number of methoxy groups -OCH3 is 2. The van der Waals surface area contributed by atoms with Gasteiger partial charge in [-0.15, -0.1) is 0 Å². The summed E-state index contributed by atoms with van der Waals surface area (Å²) in [5.74, 6) is 0.347. The lowest BCUT2D eigenvalue weighted by atomic mass is 10.2. The van der Waals surface area contributed by atoms with E-state index in [-0.39, 0.29) is 13.1 Å². The molecule has 2 heterocycles. The van der Waals surface area contributed by atoms with Crippen LogP contribution in [0.2, 0.25) is 0 Å². The van der Waals surface area contributed by atoms with Gasteiger partial charge in [-0.3, -0.25) is 9.11 Å². The van der Waals surface area contributed by atoms with Gasteiger partial charge in [0.05, 0.1) is 36.8 Å². The average Bonchev–Trinajstić information content (AvgIpc) is 3.36. The Morgan fingerprint density at radius 3 is 2.32 bits per heavy atom. The van der Waals surface area contributed by atoms with Crippen molar-refractivity contribution in [2.45, 2.75) is 11.4 Å². The van der Waals surface area contributed by atoms with Gasteiger partial charge in [0.1, 0.15) is 22.0 Å². The minimum Gasteiger partial charge on any atom is -0.497 e. The van der Waals surface area contributed by atoms with Gasteiger partial charge in [0.2, 0.25) is 5.52 Å². The third kappa shape index (κ3) is 6.83. The number of anilines is 1. The van der Waals surface area contributed by atoms with Gasteiger partial charge < -0.3 is 14.4 Å². The molecule has 1 aliphatic heterocycles. The van der Waals surface area contributed by atoms with E-state index in [9.17, 15) is 25.9 Å². The number of ether oxygens (including phenoxy) is 2. The molecule has 0 saturated carbocycles. The van der Waals surface area contributed by atoms with Crippen LogP contribution < -0.4 is 18.9 Å². The van der Waals surface area contributed by atoms with E-state index < -0.39 is 31.7 Å². The lowest BCUT2D eigenvalue weighted by Crippen LogP contribution is -2.38. The minimum absolute atomic E-state index is 0.0444. The summed E-state index contributed by atoms with van der Waals surface area (Å²) in [5, 5.41) is 1.49. The number of fused-ring (bicyclic) bond motifs is 2. The van der Waals surface area contributed by atoms with Crippen LogP contribution in [-0.4, -0.2) is 58.2 Å². The molecule has 0 unspecified atom stereocenters. The Hall–Kier alpha value is -2.62. The van der Waals surface area contributed by atoms with Crippen molar-refractivity contribution in [3.63, 3.8) is 0 Å². The van der Waals surface area contributed by atoms with Crippen LogP contribution in [0.3, 0.4) is 0 Å². The first kappa shape index (κ1) is 27.4. The number of aromatic nitrogens is 1. The van der Waals surface area contributed by atoms with E-state index in [1.165, 1.54) is 23.1 Å². The van der Waals surface area contributed by atoms with Gasteiger partial charge in [0.15, 0.2) is 6.54 Å². The van der Waals surface area contributed by atoms with Gasteiger partial charge in [0, 0.05) is 23.6 Å². The first-order chi connectivity index (χ1) is 17.5. The number of benzene rings is 2. The summed E-state index contributed by atoms with van der Waals surface area (Å²) in [4.78, 5) is 2.70. The highest BCUT2D eigenvalue weighted by atomic mass is 32.2. The van der Waals surface area contributed by atoms with E-state index in [0.717, 1.165) is 30.8 Å². The molecule has 0 fully saturated rings. The van der Waals surface area contributed by atoms with Crippen molar-refractivity contribution in [1.82, 2.24) is 0 Å². The first-order valence-electron chi connectivity index (χ1n) is 10.9. The van der Waals surface area contributed by atoms with Gasteiger partial charge in [0.25, 0.3) is 25.2 Å². The van der Waals surface area contributed by atoms with Crippen molar-refractivity contribution < 1.29 is 40.0 Å². The van der Waals surface area contributed by atoms with Crippen LogP contribution in [0.15, 0.2) is 58.5 Å². The summed E-state index contributed by atoms with van der Waals surface area (Å²) in [6, 6.07) is 11.0. The van der Waals surface area contributed by atoms with Gasteiger partial charge >= 0.3 is 0 Å². The molecule has 0 aliphatic carbocycles. The zero-order valence-corrected chi connectivity index (χ0v) is 23.2. The van der Waals surface area contributed by atoms with Crippen molar-refractivity contribution in [1.29, 1.82) is 0 Å². The molecule has 0 spiro atoms. The van der Waals surface area contributed by atoms with E-state index in [0.29, 0.717) is 11.5 Å². The molecule has 0 atom stereocenters. The van der Waals surface area contributed by atoms with E-state index >= 15 is 0 Å². The number of hydrogen-bond acceptors (Lipinski definition) is 9. The van der Waals surface area contributed by atoms with Crippen molar-refractivity contribution in [2.75, 3.05) is 37.2 Å². The molecule has 10 nitrogen and oxygen atoms in total. The average molecular weight is 586 g/mol. The van der Waals surface area contributed by atoms with Crippen molar-refractivity contribution in [3.05, 3.63) is 58.6 Å². The predicted octanol–water partition coefficient (Wildman–Crippen LogP) is 3.45. The zero-order chi connectivity index (χ0) is 26.8. The Balaban J connectivity index is 1.69. The fraction of sp³-hybridized carbons (Fsp3) is 0.261. The fourth-order valence-electron chi connectivity index (χ4n) is 3.75. The molecule has 0 saturated heterocycles. The van der Waals surface area contributed by atoms with Crippen LogP contribution in [0.4, 0.5) is 5.69 Å². The Kier molecular flexibility index (Phi) is 8.16. The predicted molar refractivity (Wildman–Crippen MR) is 145 cm³/mol. The van der Waals surface area contributed by atoms with E-state index in [2.05, 4.69) is 0 Å². The summed E-state index contributed by atoms with van der Waals surface area (Å²) >= 11 is 2.90. The van der Waals surface area contributed by atoms with E-state index in [1.807, 2.05) is 36.4 Å². The second-order valence-electron chi connectivity index (χ2n) is 7.95. The molecule has 3 aromatic rings. The maximum atomic E-state index is 11.4. The third-order valence-electron chi connectivity index (χ3n) is 5.50. The molecule has 2 aromatic carbocycles. The fourth-order valence-corrected chi connectivity index (χ4v) is 6.74. The van der Waals surface area contributed by atoms with Gasteiger partial charge in [-0.2, -0.15) is 21.4 Å². The molecular formula is C23H25N2O8S4+. The molecule has 0 amide bonds. The molecule has 37 heavy (non-hydrogen) atoms. The quantitative estimate of drug-likeness (QED) is 0.269. The SMILES string of the molecule is COc1ccc2c(c1)N(CCS(=O)(=O)O)C(=CC=Cc1sc3ccc(OC)cc3[n+]1CCS(=O)(=O)O)S2. The summed E-state index contributed by atoms with van der Waals surface area (Å²) in [7, 11) is -5.25. The smallest absolute Gasteiger partial charge is 0.271 e. The second-order valence-corrected chi connectivity index (χ2v) is 13.2. The highest BCUT2D eigenvalue weighted by Crippen LogP contribution is 2.47. The largest absolute Gasteiger partial charge is 0.497 e. The van der Waals surface area contributed by atoms with Crippen LogP contribution >= 0.6 is 23.1 Å². The highest BCUT2D eigenvalue weighted by molar-refractivity contribution is 8.03. The number of nitrogens with zero attached hydrogens (tertiary/aromatic N) is 2. The standard InChI is InChI=1S/C23H24N2O8S4/c1-32-16-6-8-20-18(14-16)24(10-12-36(26,27)28)22(34-20)4-3-5-23-25(11-13-37(29,30)31)19-15-17(33-2)7-9-21(19)35-23/h3-9,14-15H,10-13H2,1-2H3,(H-,26,27,28,29,30,31)/p+1. The summed E-state index contributed by atoms with van der Waals surface area (Å²) in [6.07, 6.45) is 5.43. The molecule has 0 bridgehead atoms. The number of hydrogen-bond donors (Lipinski definition) is 2. The van der Waals surface area contributed by atoms with Crippen LogP contribution in [-0.2, 0) is 26.8 Å². The maximum absolute atomic E-state index is 11.4. The summed E-state index contributed by atoms with van der Waals surface area (Å²) < 4.78 is 77.6. The molecule has 198 valence electrons. The monoisotopic (exact) mass is 585 g/mol. The molecular weight excluding hydrogens is 561 g/mol. The van der Waals surface area contributed by atoms with Crippen LogP contribution in [0.5, 0.6) is 11.5 Å². The number of thioether (sulfide) groups is 1.